The van der Waals surface area contributed by atoms with E-state index in [0.717, 1.165) is 37.6 Å². The number of rotatable bonds is 6. The first kappa shape index (κ1) is 14.9. The number of hydrogen-bond acceptors (Lipinski definition) is 3. The topological polar surface area (TPSA) is 21.7 Å². The second-order valence-corrected chi connectivity index (χ2v) is 5.57. The van der Waals surface area contributed by atoms with E-state index < -0.39 is 0 Å². The van der Waals surface area contributed by atoms with Crippen LogP contribution in [0.25, 0.3) is 0 Å². The summed E-state index contributed by atoms with van der Waals surface area (Å²) in [5, 5.41) is 0. The normalized spacial score (nSPS) is 16.7. The van der Waals surface area contributed by atoms with Crippen molar-refractivity contribution in [3.05, 3.63) is 67.1 Å². The van der Waals surface area contributed by atoms with Gasteiger partial charge in [0, 0.05) is 13.1 Å². The number of ether oxygens (including phenoxy) is 2. The van der Waals surface area contributed by atoms with Crippen LogP contribution in [0.1, 0.15) is 12.0 Å². The van der Waals surface area contributed by atoms with Gasteiger partial charge in [-0.05, 0) is 30.7 Å². The molecule has 1 atom stereocenters. The molecule has 3 heteroatoms. The van der Waals surface area contributed by atoms with Gasteiger partial charge in [0.15, 0.2) is 11.5 Å². The molecule has 0 aliphatic carbocycles. The fourth-order valence-electron chi connectivity index (χ4n) is 2.74. The van der Waals surface area contributed by atoms with Crippen molar-refractivity contribution in [2.24, 2.45) is 0 Å². The van der Waals surface area contributed by atoms with Crippen LogP contribution in [0.4, 0.5) is 0 Å². The molecule has 1 heterocycles. The zero-order chi connectivity index (χ0) is 15.2. The van der Waals surface area contributed by atoms with E-state index in [-0.39, 0.29) is 6.10 Å². The number of para-hydroxylation sites is 2. The molecule has 0 saturated carbocycles. The van der Waals surface area contributed by atoms with E-state index in [0.29, 0.717) is 6.61 Å². The fraction of sp³-hybridized carbons (Fsp3) is 0.316. The molecule has 1 radical (unpaired) electrons. The Labute approximate surface area is 132 Å². The lowest BCUT2D eigenvalue weighted by atomic mass is 10.2. The van der Waals surface area contributed by atoms with Crippen molar-refractivity contribution in [1.29, 1.82) is 0 Å². The molecule has 115 valence electrons. The van der Waals surface area contributed by atoms with Crippen molar-refractivity contribution in [2.75, 3.05) is 19.7 Å². The molecule has 0 N–H and O–H groups in total. The third-order valence-corrected chi connectivity index (χ3v) is 3.75. The number of nitrogens with zero attached hydrogens (tertiary/aromatic N) is 1. The summed E-state index contributed by atoms with van der Waals surface area (Å²) in [5.74, 6) is 1.68. The van der Waals surface area contributed by atoms with Crippen molar-refractivity contribution in [3.8, 4) is 11.5 Å². The van der Waals surface area contributed by atoms with Gasteiger partial charge in [-0.3, -0.25) is 4.90 Å². The largest absolute Gasteiger partial charge is 0.486 e. The quantitative estimate of drug-likeness (QED) is 0.813. The van der Waals surface area contributed by atoms with Crippen molar-refractivity contribution < 1.29 is 9.47 Å². The number of benzene rings is 2. The molecule has 1 aliphatic heterocycles. The standard InChI is InChI=1S/C19H22NO2/c1-2-12-20(13-16-8-4-3-5-9-16)14-17-15-21-18-10-6-7-11-19(18)22-17/h3-11,17H,1-2,12-15H2. The minimum atomic E-state index is 0.0603. The molecule has 2 aromatic rings. The van der Waals surface area contributed by atoms with E-state index in [1.54, 1.807) is 0 Å². The van der Waals surface area contributed by atoms with Crippen molar-refractivity contribution in [2.45, 2.75) is 19.1 Å². The average molecular weight is 296 g/mol. The van der Waals surface area contributed by atoms with Crippen molar-refractivity contribution >= 4 is 0 Å². The van der Waals surface area contributed by atoms with E-state index in [9.17, 15) is 0 Å². The third-order valence-electron chi connectivity index (χ3n) is 3.75. The monoisotopic (exact) mass is 296 g/mol. The van der Waals surface area contributed by atoms with Crippen LogP contribution in [-0.4, -0.2) is 30.7 Å². The summed E-state index contributed by atoms with van der Waals surface area (Å²) < 4.78 is 11.9. The van der Waals surface area contributed by atoms with Gasteiger partial charge in [-0.2, -0.15) is 0 Å². The highest BCUT2D eigenvalue weighted by molar-refractivity contribution is 5.40. The molecule has 0 saturated heterocycles. The maximum Gasteiger partial charge on any atom is 0.161 e. The van der Waals surface area contributed by atoms with Gasteiger partial charge < -0.3 is 9.47 Å². The Morgan fingerprint density at radius 2 is 1.73 bits per heavy atom. The molecule has 2 aromatic carbocycles. The molecule has 3 nitrogen and oxygen atoms in total. The van der Waals surface area contributed by atoms with Gasteiger partial charge in [-0.25, -0.2) is 0 Å². The van der Waals surface area contributed by atoms with Crippen LogP contribution < -0.4 is 9.47 Å². The maximum absolute atomic E-state index is 6.06. The van der Waals surface area contributed by atoms with Crippen molar-refractivity contribution in [1.82, 2.24) is 4.90 Å². The van der Waals surface area contributed by atoms with E-state index in [4.69, 9.17) is 9.47 Å². The summed E-state index contributed by atoms with van der Waals surface area (Å²) >= 11 is 0. The number of hydrogen-bond donors (Lipinski definition) is 0. The minimum absolute atomic E-state index is 0.0603. The predicted molar refractivity (Wildman–Crippen MR) is 88.0 cm³/mol. The van der Waals surface area contributed by atoms with Crippen LogP contribution in [0.2, 0.25) is 0 Å². The van der Waals surface area contributed by atoms with E-state index in [2.05, 4.69) is 36.1 Å². The van der Waals surface area contributed by atoms with Crippen LogP contribution in [0.15, 0.2) is 54.6 Å². The molecule has 0 bridgehead atoms. The van der Waals surface area contributed by atoms with Gasteiger partial charge in [-0.15, -0.1) is 0 Å². The Kier molecular flexibility index (Phi) is 4.96. The summed E-state index contributed by atoms with van der Waals surface area (Å²) in [5.41, 5.74) is 1.31. The SMILES string of the molecule is [CH2]CCN(Cc1ccccc1)CC1COc2ccccc2O1. The molecule has 0 amide bonds. The Bertz CT molecular complexity index is 585. The van der Waals surface area contributed by atoms with Gasteiger partial charge in [0.2, 0.25) is 0 Å². The van der Waals surface area contributed by atoms with Gasteiger partial charge in [0.1, 0.15) is 12.7 Å². The molecule has 1 aliphatic rings. The van der Waals surface area contributed by atoms with Crippen LogP contribution in [0, 0.1) is 6.92 Å². The average Bonchev–Trinajstić information content (AvgIpc) is 2.56. The predicted octanol–water partition coefficient (Wildman–Crippen LogP) is 3.55. The maximum atomic E-state index is 6.06. The van der Waals surface area contributed by atoms with Crippen LogP contribution in [0.5, 0.6) is 11.5 Å². The molecule has 0 fully saturated rings. The first-order chi connectivity index (χ1) is 10.8. The van der Waals surface area contributed by atoms with Gasteiger partial charge in [0.05, 0.1) is 0 Å². The highest BCUT2D eigenvalue weighted by atomic mass is 16.6. The zero-order valence-corrected chi connectivity index (χ0v) is 12.8. The third kappa shape index (κ3) is 3.80. The first-order valence-corrected chi connectivity index (χ1v) is 7.79. The second kappa shape index (κ2) is 7.32. The zero-order valence-electron chi connectivity index (χ0n) is 12.8. The number of fused-ring (bicyclic) bond motifs is 1. The molecule has 3 rings (SSSR count). The van der Waals surface area contributed by atoms with Gasteiger partial charge in [0.25, 0.3) is 0 Å². The highest BCUT2D eigenvalue weighted by Crippen LogP contribution is 2.31. The summed E-state index contributed by atoms with van der Waals surface area (Å²) in [6.45, 7) is 7.29. The van der Waals surface area contributed by atoms with Crippen molar-refractivity contribution in [3.63, 3.8) is 0 Å². The van der Waals surface area contributed by atoms with Crippen LogP contribution in [-0.2, 0) is 6.54 Å². The minimum Gasteiger partial charge on any atom is -0.486 e. The van der Waals surface area contributed by atoms with Gasteiger partial charge >= 0.3 is 0 Å². The summed E-state index contributed by atoms with van der Waals surface area (Å²) in [6.07, 6.45) is 0.946. The smallest absolute Gasteiger partial charge is 0.161 e. The van der Waals surface area contributed by atoms with E-state index in [1.807, 2.05) is 30.3 Å². The van der Waals surface area contributed by atoms with Crippen LogP contribution >= 0.6 is 0 Å². The molecule has 1 unspecified atom stereocenters. The van der Waals surface area contributed by atoms with E-state index in [1.165, 1.54) is 5.56 Å². The van der Waals surface area contributed by atoms with Gasteiger partial charge in [-0.1, -0.05) is 49.4 Å². The molecular weight excluding hydrogens is 274 g/mol. The molecule has 0 aromatic heterocycles. The molecular formula is C19H22NO2. The second-order valence-electron chi connectivity index (χ2n) is 5.57. The summed E-state index contributed by atoms with van der Waals surface area (Å²) in [7, 11) is 0. The Morgan fingerprint density at radius 1 is 1.00 bits per heavy atom. The lowest BCUT2D eigenvalue weighted by Gasteiger charge is -2.31. The van der Waals surface area contributed by atoms with E-state index >= 15 is 0 Å². The molecule has 22 heavy (non-hydrogen) atoms. The summed E-state index contributed by atoms with van der Waals surface area (Å²) in [6, 6.07) is 18.4. The highest BCUT2D eigenvalue weighted by Gasteiger charge is 2.22. The Balaban J connectivity index is 1.62. The fourth-order valence-corrected chi connectivity index (χ4v) is 2.74. The first-order valence-electron chi connectivity index (χ1n) is 7.79. The lowest BCUT2D eigenvalue weighted by molar-refractivity contribution is 0.0569. The Hall–Kier alpha value is -2.00. The Morgan fingerprint density at radius 3 is 2.50 bits per heavy atom. The summed E-state index contributed by atoms with van der Waals surface area (Å²) in [4.78, 5) is 2.38. The molecule has 0 spiro atoms. The van der Waals surface area contributed by atoms with Crippen LogP contribution in [0.3, 0.4) is 0 Å². The lowest BCUT2D eigenvalue weighted by Crippen LogP contribution is -2.41.